The SMILES string of the molecule is NCC1(Cc2cn3ccsc3n2)CCCC1O. The molecule has 2 unspecified atom stereocenters. The Hall–Kier alpha value is -0.910. The molecule has 0 aliphatic heterocycles. The van der Waals surface area contributed by atoms with Gasteiger partial charge in [-0.1, -0.05) is 6.42 Å². The topological polar surface area (TPSA) is 63.5 Å². The summed E-state index contributed by atoms with van der Waals surface area (Å²) >= 11 is 1.63. The minimum atomic E-state index is -0.271. The van der Waals surface area contributed by atoms with Crippen LogP contribution in [0.1, 0.15) is 25.0 Å². The molecule has 2 heterocycles. The van der Waals surface area contributed by atoms with E-state index < -0.39 is 0 Å². The molecule has 1 aliphatic rings. The lowest BCUT2D eigenvalue weighted by Crippen LogP contribution is -2.39. The average Bonchev–Trinajstić information content (AvgIpc) is 2.95. The van der Waals surface area contributed by atoms with E-state index in [4.69, 9.17) is 5.73 Å². The van der Waals surface area contributed by atoms with Gasteiger partial charge in [-0.2, -0.15) is 0 Å². The maximum atomic E-state index is 10.1. The van der Waals surface area contributed by atoms with Gasteiger partial charge in [0.1, 0.15) is 0 Å². The van der Waals surface area contributed by atoms with Crippen LogP contribution in [0.4, 0.5) is 0 Å². The zero-order valence-corrected chi connectivity index (χ0v) is 10.5. The largest absolute Gasteiger partial charge is 0.392 e. The van der Waals surface area contributed by atoms with Gasteiger partial charge in [-0.05, 0) is 12.8 Å². The summed E-state index contributed by atoms with van der Waals surface area (Å²) in [5, 5.41) is 12.1. The lowest BCUT2D eigenvalue weighted by Gasteiger charge is -2.30. The molecule has 0 spiro atoms. The summed E-state index contributed by atoms with van der Waals surface area (Å²) in [7, 11) is 0. The summed E-state index contributed by atoms with van der Waals surface area (Å²) in [6.07, 6.45) is 7.53. The summed E-state index contributed by atoms with van der Waals surface area (Å²) in [6.45, 7) is 0.541. The van der Waals surface area contributed by atoms with Crippen LogP contribution in [-0.2, 0) is 6.42 Å². The van der Waals surface area contributed by atoms with Gasteiger partial charge in [0.2, 0.25) is 0 Å². The van der Waals surface area contributed by atoms with E-state index in [0.717, 1.165) is 36.3 Å². The number of aliphatic hydroxyl groups excluding tert-OH is 1. The molecule has 0 aromatic carbocycles. The number of nitrogens with zero attached hydrogens (tertiary/aromatic N) is 2. The number of rotatable bonds is 3. The minimum Gasteiger partial charge on any atom is -0.392 e. The van der Waals surface area contributed by atoms with E-state index in [-0.39, 0.29) is 11.5 Å². The number of nitrogens with two attached hydrogens (primary N) is 1. The lowest BCUT2D eigenvalue weighted by molar-refractivity contribution is 0.0582. The van der Waals surface area contributed by atoms with Crippen molar-refractivity contribution in [2.75, 3.05) is 6.54 Å². The third kappa shape index (κ3) is 1.78. The Morgan fingerprint density at radius 2 is 2.53 bits per heavy atom. The second kappa shape index (κ2) is 4.08. The van der Waals surface area contributed by atoms with Crippen LogP contribution in [-0.4, -0.2) is 27.1 Å². The molecular weight excluding hydrogens is 234 g/mol. The zero-order valence-electron chi connectivity index (χ0n) is 9.67. The van der Waals surface area contributed by atoms with Gasteiger partial charge in [0.25, 0.3) is 0 Å². The first-order chi connectivity index (χ1) is 8.23. The molecule has 1 aliphatic carbocycles. The zero-order chi connectivity index (χ0) is 11.9. The van der Waals surface area contributed by atoms with Crippen LogP contribution in [0.2, 0.25) is 0 Å². The molecule has 3 N–H and O–H groups in total. The van der Waals surface area contributed by atoms with Crippen molar-refractivity contribution in [3.63, 3.8) is 0 Å². The van der Waals surface area contributed by atoms with Crippen LogP contribution >= 0.6 is 11.3 Å². The number of fused-ring (bicyclic) bond motifs is 1. The Labute approximate surface area is 104 Å². The Balaban J connectivity index is 1.88. The second-order valence-corrected chi connectivity index (χ2v) is 5.85. The molecule has 2 atom stereocenters. The molecule has 17 heavy (non-hydrogen) atoms. The quantitative estimate of drug-likeness (QED) is 0.867. The predicted molar refractivity (Wildman–Crippen MR) is 68.1 cm³/mol. The number of aromatic nitrogens is 2. The molecule has 3 rings (SSSR count). The molecule has 2 aromatic rings. The molecule has 1 saturated carbocycles. The predicted octanol–water partition coefficient (Wildman–Crippen LogP) is 1.43. The van der Waals surface area contributed by atoms with Crippen molar-refractivity contribution in [3.8, 4) is 0 Å². The van der Waals surface area contributed by atoms with Crippen molar-refractivity contribution >= 4 is 16.3 Å². The molecule has 0 amide bonds. The average molecular weight is 251 g/mol. The number of thiazole rings is 1. The van der Waals surface area contributed by atoms with E-state index in [0.29, 0.717) is 6.54 Å². The van der Waals surface area contributed by atoms with E-state index >= 15 is 0 Å². The molecule has 4 nitrogen and oxygen atoms in total. The normalized spacial score (nSPS) is 29.2. The summed E-state index contributed by atoms with van der Waals surface area (Å²) in [4.78, 5) is 5.59. The van der Waals surface area contributed by atoms with Crippen LogP contribution < -0.4 is 5.73 Å². The highest BCUT2D eigenvalue weighted by atomic mass is 32.1. The van der Waals surface area contributed by atoms with Gasteiger partial charge in [0.15, 0.2) is 4.96 Å². The molecule has 2 aromatic heterocycles. The van der Waals surface area contributed by atoms with Gasteiger partial charge in [-0.25, -0.2) is 4.98 Å². The Kier molecular flexibility index (Phi) is 2.69. The summed E-state index contributed by atoms with van der Waals surface area (Å²) in [5.74, 6) is 0. The molecule has 1 fully saturated rings. The fraction of sp³-hybridized carbons (Fsp3) is 0.583. The van der Waals surface area contributed by atoms with Crippen LogP contribution in [0.5, 0.6) is 0 Å². The van der Waals surface area contributed by atoms with E-state index in [9.17, 15) is 5.11 Å². The molecule has 0 bridgehead atoms. The van der Waals surface area contributed by atoms with Crippen molar-refractivity contribution in [1.82, 2.24) is 9.38 Å². The van der Waals surface area contributed by atoms with Gasteiger partial charge >= 0.3 is 0 Å². The van der Waals surface area contributed by atoms with Crippen LogP contribution in [0.15, 0.2) is 17.8 Å². The first-order valence-electron chi connectivity index (χ1n) is 6.03. The van der Waals surface area contributed by atoms with Crippen molar-refractivity contribution in [2.24, 2.45) is 11.1 Å². The first kappa shape index (κ1) is 11.2. The van der Waals surface area contributed by atoms with Crippen molar-refractivity contribution < 1.29 is 5.11 Å². The van der Waals surface area contributed by atoms with E-state index in [2.05, 4.69) is 4.98 Å². The van der Waals surface area contributed by atoms with Crippen LogP contribution in [0.25, 0.3) is 4.96 Å². The smallest absolute Gasteiger partial charge is 0.193 e. The third-order valence-corrected chi connectivity index (χ3v) is 4.71. The molecule has 0 radical (unpaired) electrons. The van der Waals surface area contributed by atoms with Crippen molar-refractivity contribution in [1.29, 1.82) is 0 Å². The highest BCUT2D eigenvalue weighted by Gasteiger charge is 2.41. The maximum Gasteiger partial charge on any atom is 0.193 e. The highest BCUT2D eigenvalue weighted by molar-refractivity contribution is 7.15. The first-order valence-corrected chi connectivity index (χ1v) is 6.91. The van der Waals surface area contributed by atoms with Crippen LogP contribution in [0.3, 0.4) is 0 Å². The Morgan fingerprint density at radius 3 is 3.18 bits per heavy atom. The summed E-state index contributed by atoms with van der Waals surface area (Å²) in [6, 6.07) is 0. The Morgan fingerprint density at radius 1 is 1.65 bits per heavy atom. The van der Waals surface area contributed by atoms with Gasteiger partial charge in [0, 0.05) is 36.2 Å². The molecule has 5 heteroatoms. The minimum absolute atomic E-state index is 0.149. The van der Waals surface area contributed by atoms with E-state index in [1.165, 1.54) is 0 Å². The third-order valence-electron chi connectivity index (χ3n) is 3.94. The highest BCUT2D eigenvalue weighted by Crippen LogP contribution is 2.40. The number of aliphatic hydroxyl groups is 1. The van der Waals surface area contributed by atoms with Crippen LogP contribution in [0, 0.1) is 5.41 Å². The van der Waals surface area contributed by atoms with E-state index in [1.54, 1.807) is 11.3 Å². The number of hydrogen-bond acceptors (Lipinski definition) is 4. The van der Waals surface area contributed by atoms with Gasteiger partial charge in [0.05, 0.1) is 11.8 Å². The summed E-state index contributed by atoms with van der Waals surface area (Å²) in [5.41, 5.74) is 6.78. The molecule has 0 saturated heterocycles. The number of imidazole rings is 1. The fourth-order valence-electron chi connectivity index (χ4n) is 2.86. The van der Waals surface area contributed by atoms with Crippen molar-refractivity contribution in [2.45, 2.75) is 31.8 Å². The maximum absolute atomic E-state index is 10.1. The second-order valence-electron chi connectivity index (χ2n) is 4.98. The van der Waals surface area contributed by atoms with Gasteiger partial charge in [-0.3, -0.25) is 4.40 Å². The Bertz CT molecular complexity index is 492. The van der Waals surface area contributed by atoms with Gasteiger partial charge < -0.3 is 10.8 Å². The summed E-state index contributed by atoms with van der Waals surface area (Å²) < 4.78 is 2.03. The molecular formula is C12H17N3OS. The van der Waals surface area contributed by atoms with E-state index in [1.807, 2.05) is 22.2 Å². The lowest BCUT2D eigenvalue weighted by atomic mass is 9.80. The monoisotopic (exact) mass is 251 g/mol. The molecule has 92 valence electrons. The standard InChI is InChI=1S/C12H17N3OS/c13-8-12(3-1-2-10(12)16)6-9-7-15-4-5-17-11(15)14-9/h4-5,7,10,16H,1-3,6,8,13H2. The van der Waals surface area contributed by atoms with Crippen molar-refractivity contribution in [3.05, 3.63) is 23.5 Å². The van der Waals surface area contributed by atoms with Gasteiger partial charge in [-0.15, -0.1) is 11.3 Å². The fourth-order valence-corrected chi connectivity index (χ4v) is 3.58. The number of hydrogen-bond donors (Lipinski definition) is 2.